The monoisotopic (exact) mass is 362 g/mol. The van der Waals surface area contributed by atoms with Crippen LogP contribution in [0.2, 0.25) is 0 Å². The molecule has 0 saturated heterocycles. The quantitative estimate of drug-likeness (QED) is 0.790. The molecule has 0 aliphatic carbocycles. The van der Waals surface area contributed by atoms with Crippen LogP contribution in [0.5, 0.6) is 0 Å². The Labute approximate surface area is 149 Å². The van der Waals surface area contributed by atoms with E-state index in [9.17, 15) is 14.4 Å². The molecule has 1 aliphatic rings. The third-order valence-corrected chi connectivity index (χ3v) is 4.23. The van der Waals surface area contributed by atoms with Crippen molar-refractivity contribution in [2.75, 3.05) is 16.5 Å². The van der Waals surface area contributed by atoms with Gasteiger partial charge in [-0.05, 0) is 39.8 Å². The van der Waals surface area contributed by atoms with Gasteiger partial charge in [-0.15, -0.1) is 0 Å². The first-order valence-electron chi connectivity index (χ1n) is 8.28. The topological polar surface area (TPSA) is 112 Å². The fourth-order valence-corrected chi connectivity index (χ4v) is 2.78. The summed E-state index contributed by atoms with van der Waals surface area (Å²) in [6.07, 6.45) is 1.22. The molecule has 0 bridgehead atoms. The Kier molecular flexibility index (Phi) is 4.39. The Hall–Kier alpha value is -2.97. The molecule has 0 aromatic carbocycles. The third-order valence-electron chi connectivity index (χ3n) is 4.23. The molecule has 2 aromatic heterocycles. The van der Waals surface area contributed by atoms with E-state index in [1.807, 2.05) is 11.8 Å². The Morgan fingerprint density at radius 1 is 1.27 bits per heavy atom. The zero-order chi connectivity index (χ0) is 19.1. The van der Waals surface area contributed by atoms with Gasteiger partial charge in [0.1, 0.15) is 23.4 Å². The maximum Gasteiger partial charge on any atom is 0.327 e. The summed E-state index contributed by atoms with van der Waals surface area (Å²) >= 11 is 0. The second-order valence-corrected chi connectivity index (χ2v) is 7.23. The van der Waals surface area contributed by atoms with Gasteiger partial charge >= 0.3 is 11.7 Å². The highest BCUT2D eigenvalue weighted by Crippen LogP contribution is 2.35. The van der Waals surface area contributed by atoms with Crippen LogP contribution in [-0.4, -0.2) is 28.8 Å². The van der Waals surface area contributed by atoms with Crippen molar-refractivity contribution in [3.63, 3.8) is 0 Å². The van der Waals surface area contributed by atoms with Gasteiger partial charge in [-0.25, -0.2) is 4.79 Å². The number of aromatic amines is 2. The number of furan rings is 1. The molecule has 0 saturated carbocycles. The van der Waals surface area contributed by atoms with E-state index in [0.717, 1.165) is 0 Å². The molecule has 1 atom stereocenters. The lowest BCUT2D eigenvalue weighted by atomic mass is 9.98. The van der Waals surface area contributed by atoms with Crippen molar-refractivity contribution in [2.24, 2.45) is 5.41 Å². The van der Waals surface area contributed by atoms with E-state index in [1.54, 1.807) is 44.1 Å². The molecule has 0 spiro atoms. The van der Waals surface area contributed by atoms with Crippen LogP contribution in [0.1, 0.15) is 33.5 Å². The minimum absolute atomic E-state index is 0.103. The van der Waals surface area contributed by atoms with Gasteiger partial charge in [-0.1, -0.05) is 0 Å². The van der Waals surface area contributed by atoms with Crippen molar-refractivity contribution in [2.45, 2.75) is 40.4 Å². The number of anilines is 2. The maximum atomic E-state index is 12.4. The largest absolute Gasteiger partial charge is 0.467 e. The number of nitrogens with zero attached hydrogens (tertiary/aromatic N) is 2. The van der Waals surface area contributed by atoms with Gasteiger partial charge in [0.15, 0.2) is 6.73 Å². The minimum atomic E-state index is -0.656. The van der Waals surface area contributed by atoms with E-state index in [2.05, 4.69) is 9.97 Å². The van der Waals surface area contributed by atoms with Crippen molar-refractivity contribution in [1.82, 2.24) is 9.97 Å². The summed E-state index contributed by atoms with van der Waals surface area (Å²) in [5.74, 6) is 0.670. The van der Waals surface area contributed by atoms with E-state index < -0.39 is 16.7 Å². The molecular formula is C17H22N4O5. The molecule has 9 heteroatoms. The number of nitrogens with one attached hydrogen (secondary N) is 2. The summed E-state index contributed by atoms with van der Waals surface area (Å²) in [4.78, 5) is 44.5. The standard InChI is InChI=1S/C17H22N4O5/c1-10-20(8-11-6-5-7-25-11)13-12(14(22)19-16(24)18-13)21(10)9-26-15(23)17(2,3)4/h5-7,10H,8-9H2,1-4H3,(H2,18,19,22,24). The number of carbonyl (C=O) groups excluding carboxylic acids is 1. The summed E-state index contributed by atoms with van der Waals surface area (Å²) in [5.41, 5.74) is -1.54. The van der Waals surface area contributed by atoms with E-state index in [1.165, 1.54) is 0 Å². The highest BCUT2D eigenvalue weighted by molar-refractivity contribution is 5.76. The highest BCUT2D eigenvalue weighted by Gasteiger charge is 2.38. The van der Waals surface area contributed by atoms with Crippen molar-refractivity contribution in [3.05, 3.63) is 45.0 Å². The average Bonchev–Trinajstić information content (AvgIpc) is 3.13. The van der Waals surface area contributed by atoms with Crippen molar-refractivity contribution in [1.29, 1.82) is 0 Å². The number of hydrogen-bond acceptors (Lipinski definition) is 7. The number of hydrogen-bond donors (Lipinski definition) is 2. The molecule has 2 aromatic rings. The number of ether oxygens (including phenoxy) is 1. The molecular weight excluding hydrogens is 340 g/mol. The normalized spacial score (nSPS) is 16.7. The molecule has 1 aliphatic heterocycles. The summed E-state index contributed by atoms with van der Waals surface area (Å²) in [5, 5.41) is 0. The zero-order valence-electron chi connectivity index (χ0n) is 15.2. The number of carbonyl (C=O) groups is 1. The highest BCUT2D eigenvalue weighted by atomic mass is 16.5. The number of H-pyrrole nitrogens is 2. The molecule has 1 unspecified atom stereocenters. The molecule has 9 nitrogen and oxygen atoms in total. The molecule has 140 valence electrons. The smallest absolute Gasteiger partial charge is 0.327 e. The van der Waals surface area contributed by atoms with Crippen molar-refractivity contribution in [3.8, 4) is 0 Å². The van der Waals surface area contributed by atoms with Gasteiger partial charge < -0.3 is 19.0 Å². The lowest BCUT2D eigenvalue weighted by Crippen LogP contribution is -2.43. The Balaban J connectivity index is 1.93. The fraction of sp³-hybridized carbons (Fsp3) is 0.471. The molecule has 3 rings (SSSR count). The van der Waals surface area contributed by atoms with E-state index in [4.69, 9.17) is 9.15 Å². The fourth-order valence-electron chi connectivity index (χ4n) is 2.78. The molecule has 0 radical (unpaired) electrons. The summed E-state index contributed by atoms with van der Waals surface area (Å²) < 4.78 is 10.8. The lowest BCUT2D eigenvalue weighted by molar-refractivity contribution is -0.152. The molecule has 0 amide bonds. The Morgan fingerprint density at radius 3 is 2.62 bits per heavy atom. The van der Waals surface area contributed by atoms with Crippen LogP contribution in [-0.2, 0) is 16.1 Å². The van der Waals surface area contributed by atoms with Crippen LogP contribution in [0, 0.1) is 5.41 Å². The maximum absolute atomic E-state index is 12.4. The SMILES string of the molecule is CC1N(Cc2ccco2)c2[nH]c(=O)[nH]c(=O)c2N1COC(=O)C(C)(C)C. The van der Waals surface area contributed by atoms with Gasteiger partial charge in [-0.2, -0.15) is 0 Å². The van der Waals surface area contributed by atoms with Crippen LogP contribution in [0.4, 0.5) is 11.5 Å². The van der Waals surface area contributed by atoms with Crippen molar-refractivity contribution < 1.29 is 13.9 Å². The first kappa shape index (κ1) is 17.8. The van der Waals surface area contributed by atoms with Crippen LogP contribution < -0.4 is 21.0 Å². The second kappa shape index (κ2) is 6.40. The summed E-state index contributed by atoms with van der Waals surface area (Å²) in [6.45, 7) is 7.36. The first-order valence-corrected chi connectivity index (χ1v) is 8.28. The molecule has 2 N–H and O–H groups in total. The molecule has 3 heterocycles. The predicted octanol–water partition coefficient (Wildman–Crippen LogP) is 1.38. The Morgan fingerprint density at radius 2 is 2.00 bits per heavy atom. The number of esters is 1. The zero-order valence-corrected chi connectivity index (χ0v) is 15.2. The first-order chi connectivity index (χ1) is 12.2. The second-order valence-electron chi connectivity index (χ2n) is 7.23. The van der Waals surface area contributed by atoms with E-state index >= 15 is 0 Å². The summed E-state index contributed by atoms with van der Waals surface area (Å²) in [6, 6.07) is 3.57. The Bertz CT molecular complexity index is 906. The average molecular weight is 362 g/mol. The van der Waals surface area contributed by atoms with Crippen LogP contribution in [0.3, 0.4) is 0 Å². The van der Waals surface area contributed by atoms with Gasteiger partial charge in [0.2, 0.25) is 0 Å². The van der Waals surface area contributed by atoms with Gasteiger partial charge in [0, 0.05) is 0 Å². The minimum Gasteiger partial charge on any atom is -0.467 e. The van der Waals surface area contributed by atoms with Crippen molar-refractivity contribution >= 4 is 17.5 Å². The summed E-state index contributed by atoms with van der Waals surface area (Å²) in [7, 11) is 0. The van der Waals surface area contributed by atoms with E-state index in [0.29, 0.717) is 18.1 Å². The van der Waals surface area contributed by atoms with Crippen LogP contribution >= 0.6 is 0 Å². The predicted molar refractivity (Wildman–Crippen MR) is 94.9 cm³/mol. The number of rotatable bonds is 4. The number of fused-ring (bicyclic) bond motifs is 1. The van der Waals surface area contributed by atoms with Crippen LogP contribution in [0.25, 0.3) is 0 Å². The molecule has 0 fully saturated rings. The van der Waals surface area contributed by atoms with Gasteiger partial charge in [0.05, 0.1) is 18.2 Å². The van der Waals surface area contributed by atoms with E-state index in [-0.39, 0.29) is 24.6 Å². The van der Waals surface area contributed by atoms with Gasteiger partial charge in [-0.3, -0.25) is 19.6 Å². The van der Waals surface area contributed by atoms with Crippen LogP contribution in [0.15, 0.2) is 32.4 Å². The number of aromatic nitrogens is 2. The molecule has 26 heavy (non-hydrogen) atoms. The third kappa shape index (κ3) is 3.24. The van der Waals surface area contributed by atoms with Gasteiger partial charge in [0.25, 0.3) is 5.56 Å². The lowest BCUT2D eigenvalue weighted by Gasteiger charge is -2.29.